The van der Waals surface area contributed by atoms with Crippen molar-refractivity contribution in [3.8, 4) is 0 Å². The molecule has 2 fully saturated rings. The first-order valence-electron chi connectivity index (χ1n) is 12.9. The minimum atomic E-state index is 0.474. The second kappa shape index (κ2) is 12.7. The second-order valence-corrected chi connectivity index (χ2v) is 11.9. The molecule has 2 aliphatic heterocycles. The highest BCUT2D eigenvalue weighted by atomic mass is 32.2. The fraction of sp³-hybridized carbons (Fsp3) is 0.786. The van der Waals surface area contributed by atoms with Crippen molar-refractivity contribution in [3.05, 3.63) is 34.3 Å². The van der Waals surface area contributed by atoms with Gasteiger partial charge in [-0.2, -0.15) is 0 Å². The van der Waals surface area contributed by atoms with Gasteiger partial charge in [0.25, 0.3) is 0 Å². The monoisotopic (exact) mass is 446 g/mol. The van der Waals surface area contributed by atoms with E-state index in [2.05, 4.69) is 77.2 Å². The van der Waals surface area contributed by atoms with Crippen molar-refractivity contribution in [3.63, 3.8) is 0 Å². The van der Waals surface area contributed by atoms with E-state index in [0.29, 0.717) is 17.8 Å². The molecule has 178 valence electrons. The molecular formula is C28H50N2S. The fourth-order valence-electron chi connectivity index (χ4n) is 4.75. The fourth-order valence-corrected chi connectivity index (χ4v) is 6.16. The molecule has 0 atom stereocenters. The highest BCUT2D eigenvalue weighted by Gasteiger charge is 2.28. The third-order valence-corrected chi connectivity index (χ3v) is 8.65. The molecule has 0 aromatic heterocycles. The molecule has 0 N–H and O–H groups in total. The summed E-state index contributed by atoms with van der Waals surface area (Å²) < 4.78 is 2.63. The van der Waals surface area contributed by atoms with E-state index in [1.54, 1.807) is 5.57 Å². The van der Waals surface area contributed by atoms with Crippen molar-refractivity contribution < 1.29 is 0 Å². The Labute approximate surface area is 198 Å². The maximum atomic E-state index is 4.55. The van der Waals surface area contributed by atoms with Crippen LogP contribution in [0.4, 0.5) is 0 Å². The van der Waals surface area contributed by atoms with Crippen LogP contribution in [0, 0.1) is 23.7 Å². The van der Waals surface area contributed by atoms with Gasteiger partial charge in [0.05, 0.1) is 0 Å². The Hall–Kier alpha value is -0.510. The zero-order chi connectivity index (χ0) is 23.1. The van der Waals surface area contributed by atoms with Crippen LogP contribution in [0.3, 0.4) is 0 Å². The van der Waals surface area contributed by atoms with Crippen molar-refractivity contribution >= 4 is 11.9 Å². The highest BCUT2D eigenvalue weighted by Crippen LogP contribution is 2.39. The van der Waals surface area contributed by atoms with Crippen LogP contribution in [0.1, 0.15) is 87.5 Å². The Morgan fingerprint density at radius 3 is 1.94 bits per heavy atom. The molecule has 2 saturated heterocycles. The summed E-state index contributed by atoms with van der Waals surface area (Å²) >= 11 is 2.00. The predicted octanol–water partition coefficient (Wildman–Crippen LogP) is 7.95. The van der Waals surface area contributed by atoms with Gasteiger partial charge in [0, 0.05) is 24.0 Å². The lowest BCUT2D eigenvalue weighted by molar-refractivity contribution is 0.103. The smallest absolute Gasteiger partial charge is 0.0293 e. The molecule has 2 nitrogen and oxygen atoms in total. The molecule has 2 aliphatic rings. The molecule has 0 aliphatic carbocycles. The van der Waals surface area contributed by atoms with Crippen molar-refractivity contribution in [1.29, 1.82) is 0 Å². The molecule has 3 heteroatoms. The SMILES string of the molecule is C=C(/C(SN1CCC(N2CCC(C)CC2)CC1)=C(\C=C(/CC)C(C)C)C(C)C)C(C)C. The normalized spacial score (nSPS) is 22.0. The predicted molar refractivity (Wildman–Crippen MR) is 141 cm³/mol. The van der Waals surface area contributed by atoms with Gasteiger partial charge in [0.1, 0.15) is 0 Å². The Balaban J connectivity index is 2.17. The molecule has 0 radical (unpaired) electrons. The largest absolute Gasteiger partial charge is 0.300 e. The summed E-state index contributed by atoms with van der Waals surface area (Å²) in [5.74, 6) is 2.50. The Kier molecular flexibility index (Phi) is 10.9. The van der Waals surface area contributed by atoms with Crippen LogP contribution in [-0.4, -0.2) is 41.4 Å². The van der Waals surface area contributed by atoms with E-state index < -0.39 is 0 Å². The van der Waals surface area contributed by atoms with Gasteiger partial charge in [-0.15, -0.1) is 0 Å². The van der Waals surface area contributed by atoms with Gasteiger partial charge in [-0.05, 0) is 92.0 Å². The molecule has 2 rings (SSSR count). The van der Waals surface area contributed by atoms with Gasteiger partial charge in [-0.3, -0.25) is 0 Å². The van der Waals surface area contributed by atoms with Gasteiger partial charge in [0.15, 0.2) is 0 Å². The van der Waals surface area contributed by atoms with Gasteiger partial charge in [-0.25, -0.2) is 4.31 Å². The Morgan fingerprint density at radius 2 is 1.48 bits per heavy atom. The number of likely N-dealkylation sites (tertiary alicyclic amines) is 1. The minimum Gasteiger partial charge on any atom is -0.300 e. The molecule has 0 amide bonds. The quantitative estimate of drug-likeness (QED) is 0.262. The molecule has 0 aromatic carbocycles. The third-order valence-electron chi connectivity index (χ3n) is 7.34. The molecular weight excluding hydrogens is 396 g/mol. The Bertz CT molecular complexity index is 627. The summed E-state index contributed by atoms with van der Waals surface area (Å²) in [6.07, 6.45) is 9.02. The van der Waals surface area contributed by atoms with Gasteiger partial charge >= 0.3 is 0 Å². The molecule has 0 spiro atoms. The van der Waals surface area contributed by atoms with Crippen molar-refractivity contribution in [2.45, 2.75) is 93.5 Å². The zero-order valence-corrected chi connectivity index (χ0v) is 22.7. The molecule has 2 heterocycles. The lowest BCUT2D eigenvalue weighted by atomic mass is 9.91. The molecule has 0 saturated carbocycles. The molecule has 0 unspecified atom stereocenters. The van der Waals surface area contributed by atoms with E-state index in [4.69, 9.17) is 0 Å². The van der Waals surface area contributed by atoms with Crippen LogP contribution in [0.25, 0.3) is 0 Å². The maximum absolute atomic E-state index is 4.55. The maximum Gasteiger partial charge on any atom is 0.0293 e. The van der Waals surface area contributed by atoms with E-state index in [1.165, 1.54) is 67.9 Å². The summed E-state index contributed by atoms with van der Waals surface area (Å²) in [4.78, 5) is 4.21. The summed E-state index contributed by atoms with van der Waals surface area (Å²) in [7, 11) is 0. The molecule has 0 bridgehead atoms. The third kappa shape index (κ3) is 7.79. The van der Waals surface area contributed by atoms with E-state index in [1.807, 2.05) is 11.9 Å². The van der Waals surface area contributed by atoms with Crippen LogP contribution in [0.5, 0.6) is 0 Å². The number of hydrogen-bond acceptors (Lipinski definition) is 3. The Morgan fingerprint density at radius 1 is 0.903 bits per heavy atom. The van der Waals surface area contributed by atoms with Crippen LogP contribution < -0.4 is 0 Å². The number of piperidine rings is 2. The molecule has 0 aromatic rings. The first kappa shape index (κ1) is 26.7. The average molecular weight is 447 g/mol. The van der Waals surface area contributed by atoms with Gasteiger partial charge < -0.3 is 4.90 Å². The lowest BCUT2D eigenvalue weighted by Crippen LogP contribution is -2.46. The van der Waals surface area contributed by atoms with E-state index in [9.17, 15) is 0 Å². The zero-order valence-electron chi connectivity index (χ0n) is 21.8. The van der Waals surface area contributed by atoms with E-state index in [-0.39, 0.29) is 0 Å². The van der Waals surface area contributed by atoms with Crippen molar-refractivity contribution in [2.24, 2.45) is 23.7 Å². The van der Waals surface area contributed by atoms with Crippen LogP contribution in [-0.2, 0) is 0 Å². The van der Waals surface area contributed by atoms with Crippen molar-refractivity contribution in [2.75, 3.05) is 26.2 Å². The second-order valence-electron chi connectivity index (χ2n) is 10.8. The van der Waals surface area contributed by atoms with Gasteiger partial charge in [0.2, 0.25) is 0 Å². The summed E-state index contributed by atoms with van der Waals surface area (Å²) in [5, 5.41) is 0. The van der Waals surface area contributed by atoms with E-state index >= 15 is 0 Å². The highest BCUT2D eigenvalue weighted by molar-refractivity contribution is 8.01. The minimum absolute atomic E-state index is 0.474. The standard InChI is InChI=1S/C28H50N2S/c1-10-25(21(4)5)19-27(22(6)7)28(24(9)20(2)3)31-30-17-13-26(14-18-30)29-15-11-23(8)12-16-29/h19-23,26H,9-18H2,1-8H3/b25-19+,28-27-. The summed E-state index contributed by atoms with van der Waals surface area (Å²) in [6, 6.07) is 0.794. The number of hydrogen-bond donors (Lipinski definition) is 0. The van der Waals surface area contributed by atoms with Gasteiger partial charge in [-0.1, -0.05) is 73.6 Å². The van der Waals surface area contributed by atoms with Crippen LogP contribution >= 0.6 is 11.9 Å². The van der Waals surface area contributed by atoms with E-state index in [0.717, 1.165) is 18.4 Å². The number of allylic oxidation sites excluding steroid dienone is 4. The number of rotatable bonds is 9. The lowest BCUT2D eigenvalue weighted by Gasteiger charge is -2.41. The first-order chi connectivity index (χ1) is 14.6. The first-order valence-corrected chi connectivity index (χ1v) is 13.7. The topological polar surface area (TPSA) is 6.48 Å². The summed E-state index contributed by atoms with van der Waals surface area (Å²) in [5.41, 5.74) is 4.34. The average Bonchev–Trinajstić information content (AvgIpc) is 2.73. The van der Waals surface area contributed by atoms with Crippen molar-refractivity contribution in [1.82, 2.24) is 9.21 Å². The molecule has 31 heavy (non-hydrogen) atoms. The van der Waals surface area contributed by atoms with Crippen LogP contribution in [0.15, 0.2) is 34.3 Å². The number of nitrogens with zero attached hydrogens (tertiary/aromatic N) is 2. The summed E-state index contributed by atoms with van der Waals surface area (Å²) in [6.45, 7) is 28.2. The van der Waals surface area contributed by atoms with Crippen LogP contribution in [0.2, 0.25) is 0 Å².